The van der Waals surface area contributed by atoms with Gasteiger partial charge in [0.05, 0.1) is 0 Å². The lowest BCUT2D eigenvalue weighted by atomic mass is 9.76. The predicted octanol–water partition coefficient (Wildman–Crippen LogP) is 3.84. The van der Waals surface area contributed by atoms with E-state index in [9.17, 15) is 30.7 Å². The van der Waals surface area contributed by atoms with Crippen molar-refractivity contribution < 1.29 is 50.5 Å². The van der Waals surface area contributed by atoms with E-state index in [0.717, 1.165) is 32.1 Å². The lowest BCUT2D eigenvalue weighted by Crippen LogP contribution is -2.47. The van der Waals surface area contributed by atoms with Crippen LogP contribution < -0.4 is 5.32 Å². The van der Waals surface area contributed by atoms with Crippen LogP contribution in [-0.2, 0) is 9.59 Å². The summed E-state index contributed by atoms with van der Waals surface area (Å²) < 4.78 is 76.5. The summed E-state index contributed by atoms with van der Waals surface area (Å²) in [5, 5.41) is 17.7. The molecular formula is C19H23F7N2O4. The molecule has 0 amide bonds. The Kier molecular flexibility index (Phi) is 10.4. The minimum atomic E-state index is -5.08. The van der Waals surface area contributed by atoms with Crippen LogP contribution in [0.2, 0.25) is 0 Å². The first-order valence-corrected chi connectivity index (χ1v) is 9.54. The molecule has 1 unspecified atom stereocenters. The van der Waals surface area contributed by atoms with Crippen LogP contribution >= 0.6 is 0 Å². The third-order valence-corrected chi connectivity index (χ3v) is 4.84. The number of carbonyl (C=O) groups is 2. The van der Waals surface area contributed by atoms with Crippen molar-refractivity contribution in [1.82, 2.24) is 10.2 Å². The van der Waals surface area contributed by atoms with Crippen molar-refractivity contribution in [2.75, 3.05) is 26.2 Å². The van der Waals surface area contributed by atoms with Crippen LogP contribution in [0.3, 0.4) is 0 Å². The Hall–Kier alpha value is -2.41. The number of aliphatic carboxylic acids is 2. The molecule has 6 nitrogen and oxygen atoms in total. The molecule has 1 saturated carbocycles. The fourth-order valence-electron chi connectivity index (χ4n) is 3.16. The zero-order valence-electron chi connectivity index (χ0n) is 16.7. The first-order chi connectivity index (χ1) is 14.7. The normalized spacial score (nSPS) is 18.2. The predicted molar refractivity (Wildman–Crippen MR) is 98.3 cm³/mol. The molecule has 2 fully saturated rings. The standard InChI is InChI=1S/C15H21FN2.2C2HF3O2/c16-14-6-4-13(5-7-14)15(12-2-1-3-12)18-10-8-17-9-11-18;2*3-2(4,5)1(6)7/h4-7,12,15,17H,1-3,8-11H2;2*(H,6,7). The highest BCUT2D eigenvalue weighted by Crippen LogP contribution is 2.41. The molecule has 182 valence electrons. The summed E-state index contributed by atoms with van der Waals surface area (Å²) in [6.45, 7) is 4.37. The third-order valence-electron chi connectivity index (χ3n) is 4.84. The van der Waals surface area contributed by atoms with Crippen molar-refractivity contribution >= 4 is 11.9 Å². The number of nitrogens with zero attached hydrogens (tertiary/aromatic N) is 1. The summed E-state index contributed by atoms with van der Waals surface area (Å²) in [7, 11) is 0. The summed E-state index contributed by atoms with van der Waals surface area (Å²) in [5.74, 6) is -4.88. The van der Waals surface area contributed by atoms with E-state index in [1.165, 1.54) is 24.8 Å². The van der Waals surface area contributed by atoms with Gasteiger partial charge in [0.25, 0.3) is 0 Å². The van der Waals surface area contributed by atoms with Gasteiger partial charge in [0.15, 0.2) is 0 Å². The first-order valence-electron chi connectivity index (χ1n) is 9.54. The maximum atomic E-state index is 13.1. The van der Waals surface area contributed by atoms with Crippen LogP contribution in [0, 0.1) is 11.7 Å². The van der Waals surface area contributed by atoms with Gasteiger partial charge in [0, 0.05) is 32.2 Å². The number of halogens is 7. The van der Waals surface area contributed by atoms with Crippen LogP contribution in [0.15, 0.2) is 24.3 Å². The smallest absolute Gasteiger partial charge is 0.475 e. The Bertz CT molecular complexity index is 705. The molecule has 0 spiro atoms. The van der Waals surface area contributed by atoms with E-state index in [0.29, 0.717) is 6.04 Å². The highest BCUT2D eigenvalue weighted by Gasteiger charge is 2.39. The highest BCUT2D eigenvalue weighted by atomic mass is 19.4. The molecule has 1 aromatic rings. The first kappa shape index (κ1) is 27.6. The molecule has 1 aromatic carbocycles. The molecule has 0 radical (unpaired) electrons. The molecule has 0 bridgehead atoms. The second-order valence-corrected chi connectivity index (χ2v) is 7.08. The number of rotatable bonds is 3. The fraction of sp³-hybridized carbons (Fsp3) is 0.579. The quantitative estimate of drug-likeness (QED) is 0.575. The largest absolute Gasteiger partial charge is 0.490 e. The van der Waals surface area contributed by atoms with Crippen LogP contribution in [0.4, 0.5) is 30.7 Å². The molecule has 3 rings (SSSR count). The Morgan fingerprint density at radius 3 is 1.62 bits per heavy atom. The van der Waals surface area contributed by atoms with E-state index in [-0.39, 0.29) is 5.82 Å². The number of hydrogen-bond donors (Lipinski definition) is 3. The van der Waals surface area contributed by atoms with Gasteiger partial charge < -0.3 is 15.5 Å². The number of benzene rings is 1. The van der Waals surface area contributed by atoms with E-state index in [1.54, 1.807) is 12.1 Å². The minimum Gasteiger partial charge on any atom is -0.475 e. The molecule has 1 atom stereocenters. The average molecular weight is 476 g/mol. The van der Waals surface area contributed by atoms with Gasteiger partial charge in [-0.15, -0.1) is 0 Å². The molecule has 1 aliphatic heterocycles. The van der Waals surface area contributed by atoms with Crippen molar-refractivity contribution in [3.05, 3.63) is 35.6 Å². The molecular weight excluding hydrogens is 453 g/mol. The molecule has 0 aromatic heterocycles. The van der Waals surface area contributed by atoms with E-state index in [2.05, 4.69) is 10.2 Å². The number of carboxylic acids is 2. The van der Waals surface area contributed by atoms with Gasteiger partial charge >= 0.3 is 24.3 Å². The average Bonchev–Trinajstić information content (AvgIpc) is 2.65. The van der Waals surface area contributed by atoms with Crippen LogP contribution in [-0.4, -0.2) is 65.6 Å². The molecule has 13 heteroatoms. The van der Waals surface area contributed by atoms with Crippen LogP contribution in [0.25, 0.3) is 0 Å². The van der Waals surface area contributed by atoms with E-state index in [1.807, 2.05) is 12.1 Å². The van der Waals surface area contributed by atoms with E-state index >= 15 is 0 Å². The molecule has 1 aliphatic carbocycles. The van der Waals surface area contributed by atoms with Gasteiger partial charge in [-0.1, -0.05) is 18.6 Å². The monoisotopic (exact) mass is 476 g/mol. The number of nitrogens with one attached hydrogen (secondary N) is 1. The second-order valence-electron chi connectivity index (χ2n) is 7.08. The van der Waals surface area contributed by atoms with Gasteiger partial charge in [-0.3, -0.25) is 4.90 Å². The summed E-state index contributed by atoms with van der Waals surface area (Å²) in [6.07, 6.45) is -6.16. The summed E-state index contributed by atoms with van der Waals surface area (Å²) >= 11 is 0. The number of carboxylic acid groups (broad SMARTS) is 2. The summed E-state index contributed by atoms with van der Waals surface area (Å²) in [4.78, 5) is 20.4. The van der Waals surface area contributed by atoms with Crippen molar-refractivity contribution in [2.45, 2.75) is 37.7 Å². The van der Waals surface area contributed by atoms with Crippen molar-refractivity contribution in [3.63, 3.8) is 0 Å². The van der Waals surface area contributed by atoms with Crippen molar-refractivity contribution in [1.29, 1.82) is 0 Å². The molecule has 32 heavy (non-hydrogen) atoms. The third kappa shape index (κ3) is 9.39. The van der Waals surface area contributed by atoms with Gasteiger partial charge in [0.1, 0.15) is 5.82 Å². The molecule has 1 saturated heterocycles. The topological polar surface area (TPSA) is 89.9 Å². The molecule has 3 N–H and O–H groups in total. The Labute approximate surface area is 179 Å². The second kappa shape index (κ2) is 12.0. The lowest BCUT2D eigenvalue weighted by Gasteiger charge is -2.43. The van der Waals surface area contributed by atoms with E-state index < -0.39 is 24.3 Å². The SMILES string of the molecule is Fc1ccc(C(C2CCC2)N2CCNCC2)cc1.O=C(O)C(F)(F)F.O=C(O)C(F)(F)F. The maximum absolute atomic E-state index is 13.1. The zero-order valence-corrected chi connectivity index (χ0v) is 16.7. The summed E-state index contributed by atoms with van der Waals surface area (Å²) in [5.41, 5.74) is 1.29. The lowest BCUT2D eigenvalue weighted by molar-refractivity contribution is -0.193. The fourth-order valence-corrected chi connectivity index (χ4v) is 3.16. The molecule has 2 aliphatic rings. The number of alkyl halides is 6. The van der Waals surface area contributed by atoms with Crippen LogP contribution in [0.1, 0.15) is 30.9 Å². The Morgan fingerprint density at radius 1 is 0.906 bits per heavy atom. The van der Waals surface area contributed by atoms with Gasteiger partial charge in [-0.2, -0.15) is 26.3 Å². The minimum absolute atomic E-state index is 0.133. The highest BCUT2D eigenvalue weighted by molar-refractivity contribution is 5.73. The van der Waals surface area contributed by atoms with Gasteiger partial charge in [-0.25, -0.2) is 14.0 Å². The van der Waals surface area contributed by atoms with E-state index in [4.69, 9.17) is 19.8 Å². The summed E-state index contributed by atoms with van der Waals surface area (Å²) in [6, 6.07) is 7.65. The molecule has 1 heterocycles. The van der Waals surface area contributed by atoms with Crippen molar-refractivity contribution in [2.24, 2.45) is 5.92 Å². The van der Waals surface area contributed by atoms with Gasteiger partial charge in [0.2, 0.25) is 0 Å². The zero-order chi connectivity index (χ0) is 24.5. The van der Waals surface area contributed by atoms with Crippen LogP contribution in [0.5, 0.6) is 0 Å². The Balaban J connectivity index is 0.000000305. The number of hydrogen-bond acceptors (Lipinski definition) is 4. The maximum Gasteiger partial charge on any atom is 0.490 e. The number of piperazine rings is 1. The van der Waals surface area contributed by atoms with Gasteiger partial charge in [-0.05, 0) is 36.5 Å². The van der Waals surface area contributed by atoms with Crippen molar-refractivity contribution in [3.8, 4) is 0 Å². The Morgan fingerprint density at radius 2 is 1.31 bits per heavy atom.